The molecule has 0 amide bonds. The molecule has 5 nitrogen and oxygen atoms in total. The summed E-state index contributed by atoms with van der Waals surface area (Å²) in [5.41, 5.74) is 0. The fourth-order valence-electron chi connectivity index (χ4n) is 1.18. The molecular formula is C10H24N2O3S. The molecule has 0 saturated heterocycles. The molecule has 0 spiro atoms. The number of unbranched alkanes of at least 4 members (excludes halogenated alkanes) is 1. The highest BCUT2D eigenvalue weighted by Crippen LogP contribution is 2.02. The van der Waals surface area contributed by atoms with Gasteiger partial charge in [-0.2, -0.15) is 12.7 Å². The van der Waals surface area contributed by atoms with Crippen molar-refractivity contribution in [1.29, 1.82) is 0 Å². The average Bonchev–Trinajstić information content (AvgIpc) is 2.23. The minimum Gasteiger partial charge on any atom is -0.396 e. The van der Waals surface area contributed by atoms with Crippen molar-refractivity contribution in [2.45, 2.75) is 33.1 Å². The first-order chi connectivity index (χ1) is 7.44. The van der Waals surface area contributed by atoms with Crippen LogP contribution < -0.4 is 4.72 Å². The molecule has 0 bridgehead atoms. The Labute approximate surface area is 99.0 Å². The van der Waals surface area contributed by atoms with Gasteiger partial charge in [-0.25, -0.2) is 4.72 Å². The molecule has 0 aromatic carbocycles. The SMILES string of the molecule is CCCCN(C)S(=O)(=O)NCC(C)CCO. The van der Waals surface area contributed by atoms with Gasteiger partial charge in [-0.3, -0.25) is 0 Å². The fourth-order valence-corrected chi connectivity index (χ4v) is 2.27. The lowest BCUT2D eigenvalue weighted by Gasteiger charge is -2.19. The van der Waals surface area contributed by atoms with Crippen LogP contribution in [0.5, 0.6) is 0 Å². The van der Waals surface area contributed by atoms with Crippen molar-refractivity contribution in [1.82, 2.24) is 9.03 Å². The van der Waals surface area contributed by atoms with Gasteiger partial charge in [0.2, 0.25) is 0 Å². The molecule has 0 heterocycles. The molecule has 0 radical (unpaired) electrons. The van der Waals surface area contributed by atoms with E-state index in [0.29, 0.717) is 19.5 Å². The van der Waals surface area contributed by atoms with E-state index in [2.05, 4.69) is 4.72 Å². The fraction of sp³-hybridized carbons (Fsp3) is 1.00. The molecule has 0 saturated carbocycles. The summed E-state index contributed by atoms with van der Waals surface area (Å²) in [6.07, 6.45) is 2.45. The molecule has 1 atom stereocenters. The van der Waals surface area contributed by atoms with Gasteiger partial charge in [0.05, 0.1) is 0 Å². The number of aliphatic hydroxyl groups is 1. The molecule has 6 heteroatoms. The van der Waals surface area contributed by atoms with Crippen molar-refractivity contribution in [2.75, 3.05) is 26.7 Å². The van der Waals surface area contributed by atoms with E-state index < -0.39 is 10.2 Å². The van der Waals surface area contributed by atoms with Gasteiger partial charge in [-0.15, -0.1) is 0 Å². The molecular weight excluding hydrogens is 228 g/mol. The first kappa shape index (κ1) is 15.8. The predicted octanol–water partition coefficient (Wildman–Crippen LogP) is 0.571. The van der Waals surface area contributed by atoms with E-state index >= 15 is 0 Å². The second-order valence-electron chi connectivity index (χ2n) is 4.15. The summed E-state index contributed by atoms with van der Waals surface area (Å²) in [5, 5.41) is 8.70. The predicted molar refractivity (Wildman–Crippen MR) is 65.3 cm³/mol. The van der Waals surface area contributed by atoms with Crippen LogP contribution in [0.25, 0.3) is 0 Å². The normalized spacial score (nSPS) is 14.3. The van der Waals surface area contributed by atoms with Gasteiger partial charge in [0.15, 0.2) is 0 Å². The minimum absolute atomic E-state index is 0.0918. The van der Waals surface area contributed by atoms with E-state index in [9.17, 15) is 8.42 Å². The second kappa shape index (κ2) is 8.00. The largest absolute Gasteiger partial charge is 0.396 e. The van der Waals surface area contributed by atoms with Crippen molar-refractivity contribution in [3.63, 3.8) is 0 Å². The Morgan fingerprint density at radius 2 is 2.06 bits per heavy atom. The Morgan fingerprint density at radius 3 is 2.56 bits per heavy atom. The standard InChI is InChI=1S/C10H24N2O3S/c1-4-5-7-12(3)16(14,15)11-9-10(2)6-8-13/h10-11,13H,4-9H2,1-3H3. The van der Waals surface area contributed by atoms with E-state index in [-0.39, 0.29) is 12.5 Å². The van der Waals surface area contributed by atoms with Gasteiger partial charge in [0.25, 0.3) is 10.2 Å². The Kier molecular flexibility index (Phi) is 7.91. The Balaban J connectivity index is 4.03. The number of hydrogen-bond acceptors (Lipinski definition) is 3. The number of aliphatic hydroxyl groups excluding tert-OH is 1. The van der Waals surface area contributed by atoms with Crippen molar-refractivity contribution in [3.8, 4) is 0 Å². The molecule has 0 rings (SSSR count). The number of hydrogen-bond donors (Lipinski definition) is 2. The summed E-state index contributed by atoms with van der Waals surface area (Å²) in [5.74, 6) is 0.152. The summed E-state index contributed by atoms with van der Waals surface area (Å²) < 4.78 is 27.3. The molecule has 2 N–H and O–H groups in total. The van der Waals surface area contributed by atoms with Gasteiger partial charge in [-0.1, -0.05) is 20.3 Å². The van der Waals surface area contributed by atoms with Crippen LogP contribution in [0, 0.1) is 5.92 Å². The van der Waals surface area contributed by atoms with Gasteiger partial charge in [0.1, 0.15) is 0 Å². The number of nitrogens with one attached hydrogen (secondary N) is 1. The zero-order chi connectivity index (χ0) is 12.6. The highest BCUT2D eigenvalue weighted by atomic mass is 32.2. The number of nitrogens with zero attached hydrogens (tertiary/aromatic N) is 1. The van der Waals surface area contributed by atoms with Crippen LogP contribution in [0.4, 0.5) is 0 Å². The van der Waals surface area contributed by atoms with Gasteiger partial charge < -0.3 is 5.11 Å². The lowest BCUT2D eigenvalue weighted by atomic mass is 10.1. The van der Waals surface area contributed by atoms with Crippen LogP contribution in [-0.4, -0.2) is 44.6 Å². The molecule has 0 aliphatic rings. The third kappa shape index (κ3) is 6.42. The zero-order valence-corrected chi connectivity index (χ0v) is 11.3. The van der Waals surface area contributed by atoms with Crippen molar-refractivity contribution < 1.29 is 13.5 Å². The maximum atomic E-state index is 11.7. The third-order valence-electron chi connectivity index (χ3n) is 2.47. The van der Waals surface area contributed by atoms with E-state index in [4.69, 9.17) is 5.11 Å². The average molecular weight is 252 g/mol. The lowest BCUT2D eigenvalue weighted by Crippen LogP contribution is -2.40. The van der Waals surface area contributed by atoms with Gasteiger partial charge >= 0.3 is 0 Å². The van der Waals surface area contributed by atoms with Crippen LogP contribution in [0.1, 0.15) is 33.1 Å². The topological polar surface area (TPSA) is 69.6 Å². The summed E-state index contributed by atoms with van der Waals surface area (Å²) in [7, 11) is -1.77. The molecule has 0 aliphatic carbocycles. The summed E-state index contributed by atoms with van der Waals surface area (Å²) in [6.45, 7) is 4.94. The molecule has 0 aromatic heterocycles. The maximum Gasteiger partial charge on any atom is 0.279 e. The molecule has 1 unspecified atom stereocenters. The Bertz CT molecular complexity index is 267. The van der Waals surface area contributed by atoms with Gasteiger partial charge in [-0.05, 0) is 18.8 Å². The molecule has 0 aliphatic heterocycles. The van der Waals surface area contributed by atoms with Gasteiger partial charge in [0, 0.05) is 26.7 Å². The maximum absolute atomic E-state index is 11.7. The monoisotopic (exact) mass is 252 g/mol. The second-order valence-corrected chi connectivity index (χ2v) is 6.01. The smallest absolute Gasteiger partial charge is 0.279 e. The highest BCUT2D eigenvalue weighted by molar-refractivity contribution is 7.87. The quantitative estimate of drug-likeness (QED) is 0.630. The van der Waals surface area contributed by atoms with Crippen LogP contribution in [0.15, 0.2) is 0 Å². The lowest BCUT2D eigenvalue weighted by molar-refractivity contribution is 0.262. The molecule has 0 aromatic rings. The summed E-state index contributed by atoms with van der Waals surface area (Å²) in [6, 6.07) is 0. The first-order valence-electron chi connectivity index (χ1n) is 5.75. The third-order valence-corrected chi connectivity index (χ3v) is 4.01. The van der Waals surface area contributed by atoms with Crippen LogP contribution in [0.2, 0.25) is 0 Å². The van der Waals surface area contributed by atoms with E-state index in [1.54, 1.807) is 7.05 Å². The zero-order valence-electron chi connectivity index (χ0n) is 10.4. The number of rotatable bonds is 9. The van der Waals surface area contributed by atoms with Crippen LogP contribution in [-0.2, 0) is 10.2 Å². The Morgan fingerprint density at radius 1 is 1.44 bits per heavy atom. The minimum atomic E-state index is -3.34. The van der Waals surface area contributed by atoms with E-state index in [1.165, 1.54) is 4.31 Å². The Hall–Kier alpha value is -0.170. The highest BCUT2D eigenvalue weighted by Gasteiger charge is 2.17. The molecule has 0 fully saturated rings. The van der Waals surface area contributed by atoms with E-state index in [0.717, 1.165) is 12.8 Å². The molecule has 16 heavy (non-hydrogen) atoms. The van der Waals surface area contributed by atoms with Crippen LogP contribution >= 0.6 is 0 Å². The summed E-state index contributed by atoms with van der Waals surface area (Å²) in [4.78, 5) is 0. The molecule has 98 valence electrons. The van der Waals surface area contributed by atoms with Crippen molar-refractivity contribution >= 4 is 10.2 Å². The summed E-state index contributed by atoms with van der Waals surface area (Å²) >= 11 is 0. The van der Waals surface area contributed by atoms with Crippen molar-refractivity contribution in [3.05, 3.63) is 0 Å². The first-order valence-corrected chi connectivity index (χ1v) is 7.19. The van der Waals surface area contributed by atoms with Crippen LogP contribution in [0.3, 0.4) is 0 Å². The van der Waals surface area contributed by atoms with Crippen molar-refractivity contribution in [2.24, 2.45) is 5.92 Å². The van der Waals surface area contributed by atoms with E-state index in [1.807, 2.05) is 13.8 Å².